The molecule has 0 spiro atoms. The maximum Gasteiger partial charge on any atom is 0.339 e. The van der Waals surface area contributed by atoms with Crippen molar-refractivity contribution in [2.24, 2.45) is 0 Å². The van der Waals surface area contributed by atoms with Gasteiger partial charge in [0.1, 0.15) is 25.7 Å². The van der Waals surface area contributed by atoms with Gasteiger partial charge in [0.2, 0.25) is 0 Å². The van der Waals surface area contributed by atoms with Gasteiger partial charge in [0.05, 0.1) is 18.8 Å². The van der Waals surface area contributed by atoms with Crippen LogP contribution in [-0.2, 0) is 9.47 Å². The molecule has 104 valence electrons. The van der Waals surface area contributed by atoms with Gasteiger partial charge in [-0.15, -0.1) is 0 Å². The molecule has 1 heterocycles. The molecule has 0 aliphatic carbocycles. The highest BCUT2D eigenvalue weighted by molar-refractivity contribution is 14.1. The number of nitrogens with one attached hydrogen (secondary N) is 1. The van der Waals surface area contributed by atoms with E-state index in [0.717, 1.165) is 36.4 Å². The molecule has 4 nitrogen and oxygen atoms in total. The number of esters is 1. The predicted octanol–water partition coefficient (Wildman–Crippen LogP) is 0.752. The van der Waals surface area contributed by atoms with Gasteiger partial charge in [-0.1, -0.05) is 12.1 Å². The summed E-state index contributed by atoms with van der Waals surface area (Å²) in [6.07, 6.45) is -0.0726. The van der Waals surface area contributed by atoms with E-state index < -0.39 is 0 Å². The zero-order valence-electron chi connectivity index (χ0n) is 11.0. The number of carbonyl (C=O) groups excluding carboxylic acids is 1. The molecule has 0 amide bonds. The number of morpholine rings is 1. The zero-order valence-corrected chi connectivity index (χ0v) is 13.2. The fraction of sp³-hybridized carbons (Fsp3) is 0.500. The average molecular weight is 376 g/mol. The van der Waals surface area contributed by atoms with E-state index in [0.29, 0.717) is 5.56 Å². The number of hydrogen-bond acceptors (Lipinski definition) is 3. The normalized spacial score (nSPS) is 18.0. The summed E-state index contributed by atoms with van der Waals surface area (Å²) in [7, 11) is 0. The molecule has 0 bridgehead atoms. The fourth-order valence-electron chi connectivity index (χ4n) is 2.19. The third-order valence-electron chi connectivity index (χ3n) is 3.18. The van der Waals surface area contributed by atoms with E-state index in [4.69, 9.17) is 9.47 Å². The Morgan fingerprint density at radius 3 is 2.79 bits per heavy atom. The first kappa shape index (κ1) is 14.7. The van der Waals surface area contributed by atoms with Crippen LogP contribution in [0.2, 0.25) is 0 Å². The zero-order chi connectivity index (χ0) is 13.7. The molecule has 5 heteroatoms. The van der Waals surface area contributed by atoms with Gasteiger partial charge in [0.15, 0.2) is 0 Å². The lowest BCUT2D eigenvalue weighted by molar-refractivity contribution is -0.910. The lowest BCUT2D eigenvalue weighted by Gasteiger charge is -2.26. The van der Waals surface area contributed by atoms with E-state index >= 15 is 0 Å². The van der Waals surface area contributed by atoms with E-state index in [-0.39, 0.29) is 12.1 Å². The van der Waals surface area contributed by atoms with E-state index in [2.05, 4.69) is 22.6 Å². The van der Waals surface area contributed by atoms with Gasteiger partial charge in [-0.2, -0.15) is 0 Å². The van der Waals surface area contributed by atoms with Crippen LogP contribution in [-0.4, -0.2) is 44.9 Å². The van der Waals surface area contributed by atoms with Crippen molar-refractivity contribution in [1.82, 2.24) is 0 Å². The summed E-state index contributed by atoms with van der Waals surface area (Å²) in [5, 5.41) is 0. The van der Waals surface area contributed by atoms with Crippen molar-refractivity contribution in [3.63, 3.8) is 0 Å². The maximum absolute atomic E-state index is 12.1. The highest BCUT2D eigenvalue weighted by Gasteiger charge is 2.20. The number of quaternary nitrogens is 1. The molecule has 0 aromatic heterocycles. The third kappa shape index (κ3) is 4.43. The molecular weight excluding hydrogens is 357 g/mol. The van der Waals surface area contributed by atoms with Crippen LogP contribution in [0.1, 0.15) is 17.3 Å². The summed E-state index contributed by atoms with van der Waals surface area (Å²) in [5.74, 6) is -0.231. The van der Waals surface area contributed by atoms with Gasteiger partial charge < -0.3 is 14.4 Å². The van der Waals surface area contributed by atoms with Crippen LogP contribution in [0.15, 0.2) is 24.3 Å². The molecule has 1 N–H and O–H groups in total. The molecule has 1 aliphatic rings. The number of carbonyl (C=O) groups is 1. The van der Waals surface area contributed by atoms with Crippen LogP contribution in [0.5, 0.6) is 0 Å². The van der Waals surface area contributed by atoms with Crippen LogP contribution in [0.25, 0.3) is 0 Å². The Labute approximate surface area is 127 Å². The Balaban J connectivity index is 1.86. The topological polar surface area (TPSA) is 40.0 Å². The van der Waals surface area contributed by atoms with Gasteiger partial charge in [0.25, 0.3) is 0 Å². The van der Waals surface area contributed by atoms with Crippen LogP contribution < -0.4 is 4.90 Å². The summed E-state index contributed by atoms with van der Waals surface area (Å²) in [6, 6.07) is 7.49. The molecular formula is C14H19INO3+. The first-order chi connectivity index (χ1) is 9.16. The van der Waals surface area contributed by atoms with Crippen LogP contribution >= 0.6 is 22.6 Å². The molecule has 19 heavy (non-hydrogen) atoms. The number of rotatable bonds is 4. The molecule has 0 saturated carbocycles. The Bertz CT molecular complexity index is 432. The Morgan fingerprint density at radius 2 is 2.11 bits per heavy atom. The summed E-state index contributed by atoms with van der Waals surface area (Å²) < 4.78 is 11.8. The Kier molecular flexibility index (Phi) is 5.59. The maximum atomic E-state index is 12.1. The Morgan fingerprint density at radius 1 is 1.42 bits per heavy atom. The summed E-state index contributed by atoms with van der Waals surface area (Å²) in [6.45, 7) is 6.38. The first-order valence-electron chi connectivity index (χ1n) is 6.53. The SMILES string of the molecule is C[C@@H](C[NH+]1CCOCC1)OC(=O)c1ccccc1I. The summed E-state index contributed by atoms with van der Waals surface area (Å²) in [5.41, 5.74) is 0.645. The molecule has 0 unspecified atom stereocenters. The highest BCUT2D eigenvalue weighted by atomic mass is 127. The fourth-order valence-corrected chi connectivity index (χ4v) is 2.79. The lowest BCUT2D eigenvalue weighted by atomic mass is 10.2. The van der Waals surface area contributed by atoms with Gasteiger partial charge in [-0.05, 0) is 41.6 Å². The van der Waals surface area contributed by atoms with Crippen molar-refractivity contribution >= 4 is 28.6 Å². The lowest BCUT2D eigenvalue weighted by Crippen LogP contribution is -3.15. The van der Waals surface area contributed by atoms with Crippen LogP contribution in [0.3, 0.4) is 0 Å². The minimum atomic E-state index is -0.231. The number of halogens is 1. The predicted molar refractivity (Wildman–Crippen MR) is 80.4 cm³/mol. The molecule has 1 aromatic rings. The second kappa shape index (κ2) is 7.21. The minimum absolute atomic E-state index is 0.0726. The molecule has 0 radical (unpaired) electrons. The average Bonchev–Trinajstić information content (AvgIpc) is 2.40. The van der Waals surface area contributed by atoms with Crippen molar-refractivity contribution < 1.29 is 19.2 Å². The minimum Gasteiger partial charge on any atom is -0.453 e. The third-order valence-corrected chi connectivity index (χ3v) is 4.12. The standard InChI is InChI=1S/C14H18INO3/c1-11(10-16-6-8-18-9-7-16)19-14(17)12-4-2-3-5-13(12)15/h2-5,11H,6-10H2,1H3/p+1/t11-/m0/s1. The summed E-state index contributed by atoms with van der Waals surface area (Å²) >= 11 is 2.16. The van der Waals surface area contributed by atoms with E-state index in [9.17, 15) is 4.79 Å². The van der Waals surface area contributed by atoms with Crippen LogP contribution in [0.4, 0.5) is 0 Å². The number of benzene rings is 1. The number of hydrogen-bond donors (Lipinski definition) is 1. The van der Waals surface area contributed by atoms with Gasteiger partial charge >= 0.3 is 5.97 Å². The molecule has 1 fully saturated rings. The quantitative estimate of drug-likeness (QED) is 0.623. The Hall–Kier alpha value is -0.660. The monoisotopic (exact) mass is 376 g/mol. The number of ether oxygens (including phenoxy) is 2. The van der Waals surface area contributed by atoms with Gasteiger partial charge in [-0.3, -0.25) is 0 Å². The second-order valence-corrected chi connectivity index (χ2v) is 5.92. The van der Waals surface area contributed by atoms with Crippen molar-refractivity contribution in [3.05, 3.63) is 33.4 Å². The van der Waals surface area contributed by atoms with Crippen molar-refractivity contribution in [2.45, 2.75) is 13.0 Å². The summed E-state index contributed by atoms with van der Waals surface area (Å²) in [4.78, 5) is 13.5. The molecule has 1 saturated heterocycles. The first-order valence-corrected chi connectivity index (χ1v) is 7.61. The van der Waals surface area contributed by atoms with Gasteiger partial charge in [0, 0.05) is 3.57 Å². The van der Waals surface area contributed by atoms with Gasteiger partial charge in [-0.25, -0.2) is 4.79 Å². The van der Waals surface area contributed by atoms with E-state index in [1.807, 2.05) is 25.1 Å². The molecule has 1 aliphatic heterocycles. The highest BCUT2D eigenvalue weighted by Crippen LogP contribution is 2.13. The molecule has 1 atom stereocenters. The van der Waals surface area contributed by atoms with Crippen molar-refractivity contribution in [1.29, 1.82) is 0 Å². The van der Waals surface area contributed by atoms with Crippen molar-refractivity contribution in [2.75, 3.05) is 32.8 Å². The molecule has 1 aromatic carbocycles. The largest absolute Gasteiger partial charge is 0.453 e. The van der Waals surface area contributed by atoms with E-state index in [1.165, 1.54) is 4.90 Å². The smallest absolute Gasteiger partial charge is 0.339 e. The van der Waals surface area contributed by atoms with Crippen LogP contribution in [0, 0.1) is 3.57 Å². The van der Waals surface area contributed by atoms with E-state index in [1.54, 1.807) is 6.07 Å². The second-order valence-electron chi connectivity index (χ2n) is 4.76. The van der Waals surface area contributed by atoms with Crippen molar-refractivity contribution in [3.8, 4) is 0 Å². The molecule has 2 rings (SSSR count).